The van der Waals surface area contributed by atoms with Gasteiger partial charge >= 0.3 is 17.9 Å². The second-order valence-electron chi connectivity index (χ2n) is 4.30. The summed E-state index contributed by atoms with van der Waals surface area (Å²) in [5.74, 6) is -3.37. The summed E-state index contributed by atoms with van der Waals surface area (Å²) in [4.78, 5) is 43.8. The van der Waals surface area contributed by atoms with Crippen molar-refractivity contribution in [2.45, 2.75) is 6.92 Å². The maximum absolute atomic E-state index is 11.3. The van der Waals surface area contributed by atoms with Gasteiger partial charge in [-0.2, -0.15) is 0 Å². The van der Waals surface area contributed by atoms with E-state index in [9.17, 15) is 19.2 Å². The van der Waals surface area contributed by atoms with E-state index in [4.69, 9.17) is 14.6 Å². The molecule has 0 saturated heterocycles. The molecule has 1 N–H and O–H groups in total. The van der Waals surface area contributed by atoms with Gasteiger partial charge in [0.15, 0.2) is 12.4 Å². The van der Waals surface area contributed by atoms with Gasteiger partial charge in [-0.1, -0.05) is 13.2 Å². The minimum Gasteiger partial charge on any atom is -0.490 e. The molecule has 0 aromatic rings. The van der Waals surface area contributed by atoms with Gasteiger partial charge in [0.25, 0.3) is 0 Å². The maximum Gasteiger partial charge on any atom is 0.331 e. The molecule has 24 heavy (non-hydrogen) atoms. The van der Waals surface area contributed by atoms with Crippen molar-refractivity contribution in [3.63, 3.8) is 0 Å². The van der Waals surface area contributed by atoms with E-state index in [2.05, 4.69) is 17.9 Å². The van der Waals surface area contributed by atoms with Crippen LogP contribution in [0.1, 0.15) is 6.92 Å². The average molecular weight is 338 g/mol. The second kappa shape index (κ2) is 11.4. The summed E-state index contributed by atoms with van der Waals surface area (Å²) in [5.41, 5.74) is 0.652. The number of aliphatic carboxylic acids is 1. The van der Waals surface area contributed by atoms with Crippen LogP contribution in [-0.2, 0) is 33.4 Å². The number of carbonyl (C=O) groups is 4. The van der Waals surface area contributed by atoms with Crippen molar-refractivity contribution in [1.82, 2.24) is 0 Å². The number of esters is 2. The smallest absolute Gasteiger partial charge is 0.331 e. The predicted octanol–water partition coefficient (Wildman–Crippen LogP) is 0.945. The molecule has 0 rings (SSSR count). The number of carboxylic acid groups (broad SMARTS) is 1. The monoisotopic (exact) mass is 338 g/mol. The molecule has 0 amide bonds. The van der Waals surface area contributed by atoms with E-state index in [0.717, 1.165) is 12.2 Å². The summed E-state index contributed by atoms with van der Waals surface area (Å²) in [5, 5.41) is 8.29. The van der Waals surface area contributed by atoms with Crippen molar-refractivity contribution in [1.29, 1.82) is 0 Å². The number of carbonyl (C=O) groups excluding carboxylic acids is 3. The molecule has 0 unspecified atom stereocenters. The summed E-state index contributed by atoms with van der Waals surface area (Å²) < 4.78 is 14.3. The van der Waals surface area contributed by atoms with E-state index in [1.165, 1.54) is 0 Å². The largest absolute Gasteiger partial charge is 0.490 e. The third-order valence-electron chi connectivity index (χ3n) is 2.20. The van der Waals surface area contributed by atoms with Crippen LogP contribution in [0.4, 0.5) is 0 Å². The quantitative estimate of drug-likeness (QED) is 0.195. The first kappa shape index (κ1) is 20.8. The van der Waals surface area contributed by atoms with Gasteiger partial charge in [0.2, 0.25) is 0 Å². The van der Waals surface area contributed by atoms with Gasteiger partial charge in [-0.15, -0.1) is 0 Å². The van der Waals surface area contributed by atoms with Crippen LogP contribution in [0, 0.1) is 0 Å². The lowest BCUT2D eigenvalue weighted by molar-refractivity contribution is -0.142. The Labute approximate surface area is 138 Å². The van der Waals surface area contributed by atoms with E-state index in [0.29, 0.717) is 23.5 Å². The normalized spacial score (nSPS) is 10.4. The van der Waals surface area contributed by atoms with Crippen LogP contribution in [0.15, 0.2) is 48.8 Å². The van der Waals surface area contributed by atoms with Crippen LogP contribution in [0.3, 0.4) is 0 Å². The minimum absolute atomic E-state index is 0.0430. The molecule has 130 valence electrons. The van der Waals surface area contributed by atoms with Crippen molar-refractivity contribution in [3.8, 4) is 0 Å². The molecule has 0 saturated carbocycles. The first-order valence-corrected chi connectivity index (χ1v) is 6.65. The summed E-state index contributed by atoms with van der Waals surface area (Å²) >= 11 is 0. The number of rotatable bonds is 11. The molecule has 0 radical (unpaired) electrons. The Balaban J connectivity index is 3.98. The Morgan fingerprint density at radius 1 is 0.875 bits per heavy atom. The lowest BCUT2D eigenvalue weighted by atomic mass is 10.3. The Kier molecular flexibility index (Phi) is 9.91. The molecule has 0 bridgehead atoms. The number of ether oxygens (including phenoxy) is 3. The predicted molar refractivity (Wildman–Crippen MR) is 82.7 cm³/mol. The summed E-state index contributed by atoms with van der Waals surface area (Å²) in [7, 11) is 0. The summed E-state index contributed by atoms with van der Waals surface area (Å²) in [6.45, 7) is 8.34. The van der Waals surface area contributed by atoms with Crippen molar-refractivity contribution in [2.24, 2.45) is 0 Å². The molecule has 0 aliphatic carbocycles. The fourth-order valence-electron chi connectivity index (χ4n) is 1.02. The third kappa shape index (κ3) is 11.5. The van der Waals surface area contributed by atoms with E-state index in [-0.39, 0.29) is 13.2 Å². The molecule has 0 spiro atoms. The first-order valence-electron chi connectivity index (χ1n) is 6.65. The van der Waals surface area contributed by atoms with E-state index >= 15 is 0 Å². The molecule has 0 atom stereocenters. The number of ketones is 1. The highest BCUT2D eigenvalue weighted by Gasteiger charge is 2.04. The van der Waals surface area contributed by atoms with Gasteiger partial charge in [-0.05, 0) is 18.6 Å². The molecule has 0 aromatic carbocycles. The highest BCUT2D eigenvalue weighted by molar-refractivity contribution is 5.98. The third-order valence-corrected chi connectivity index (χ3v) is 2.20. The highest BCUT2D eigenvalue weighted by atomic mass is 16.6. The van der Waals surface area contributed by atoms with Gasteiger partial charge in [-0.3, -0.25) is 4.79 Å². The van der Waals surface area contributed by atoms with Gasteiger partial charge in [0.05, 0.1) is 0 Å². The Morgan fingerprint density at radius 2 is 1.42 bits per heavy atom. The van der Waals surface area contributed by atoms with Gasteiger partial charge < -0.3 is 19.3 Å². The summed E-state index contributed by atoms with van der Waals surface area (Å²) in [6, 6.07) is 0. The summed E-state index contributed by atoms with van der Waals surface area (Å²) in [6.07, 6.45) is 2.98. The maximum atomic E-state index is 11.3. The van der Waals surface area contributed by atoms with Crippen LogP contribution in [0.2, 0.25) is 0 Å². The number of allylic oxidation sites excluding steroid dienone is 1. The number of hydrogen-bond donors (Lipinski definition) is 1. The van der Waals surface area contributed by atoms with E-state index in [1.807, 2.05) is 0 Å². The molecular weight excluding hydrogens is 320 g/mol. The Bertz CT molecular complexity index is 583. The SMILES string of the molecule is C=C(C)C(=C)OCCOC(=O)/C=C/C(=O)COC(=O)/C=C/C(=O)O. The van der Waals surface area contributed by atoms with Crippen molar-refractivity contribution in [3.05, 3.63) is 48.8 Å². The van der Waals surface area contributed by atoms with Crippen LogP contribution in [0.5, 0.6) is 0 Å². The standard InChI is InChI=1S/C16H18O8/c1-11(2)12(3)22-8-9-23-15(20)6-4-13(17)10-24-16(21)7-5-14(18)19/h4-7H,1,3,8-10H2,2H3,(H,18,19)/b6-4+,7-5+. The van der Waals surface area contributed by atoms with Crippen LogP contribution in [0.25, 0.3) is 0 Å². The van der Waals surface area contributed by atoms with Gasteiger partial charge in [-0.25, -0.2) is 14.4 Å². The molecule has 8 heteroatoms. The van der Waals surface area contributed by atoms with Crippen molar-refractivity contribution in [2.75, 3.05) is 19.8 Å². The Hall–Kier alpha value is -3.16. The molecular formula is C16H18O8. The van der Waals surface area contributed by atoms with E-state index in [1.54, 1.807) is 6.92 Å². The zero-order chi connectivity index (χ0) is 18.5. The van der Waals surface area contributed by atoms with Crippen molar-refractivity contribution >= 4 is 23.7 Å². The van der Waals surface area contributed by atoms with Crippen LogP contribution < -0.4 is 0 Å². The molecule has 0 aromatic heterocycles. The van der Waals surface area contributed by atoms with E-state index < -0.39 is 30.3 Å². The lowest BCUT2D eigenvalue weighted by Gasteiger charge is -2.08. The highest BCUT2D eigenvalue weighted by Crippen LogP contribution is 2.04. The fourth-order valence-corrected chi connectivity index (χ4v) is 1.02. The van der Waals surface area contributed by atoms with Crippen LogP contribution >= 0.6 is 0 Å². The topological polar surface area (TPSA) is 116 Å². The van der Waals surface area contributed by atoms with Gasteiger partial charge in [0.1, 0.15) is 19.0 Å². The lowest BCUT2D eigenvalue weighted by Crippen LogP contribution is -2.12. The minimum atomic E-state index is -1.32. The molecule has 0 aliphatic heterocycles. The zero-order valence-corrected chi connectivity index (χ0v) is 13.1. The van der Waals surface area contributed by atoms with Crippen molar-refractivity contribution < 1.29 is 38.5 Å². The second-order valence-corrected chi connectivity index (χ2v) is 4.30. The molecule has 0 heterocycles. The first-order chi connectivity index (χ1) is 11.2. The van der Waals surface area contributed by atoms with Gasteiger partial charge in [0, 0.05) is 18.2 Å². The molecule has 0 fully saturated rings. The number of carboxylic acids is 1. The molecule has 8 nitrogen and oxygen atoms in total. The number of hydrogen-bond acceptors (Lipinski definition) is 7. The zero-order valence-electron chi connectivity index (χ0n) is 13.1. The fraction of sp³-hybridized carbons (Fsp3) is 0.250. The van der Waals surface area contributed by atoms with Crippen LogP contribution in [-0.4, -0.2) is 48.6 Å². The molecule has 0 aliphatic rings. The average Bonchev–Trinajstić information content (AvgIpc) is 2.52. The Morgan fingerprint density at radius 3 is 2.00 bits per heavy atom.